The Balaban J connectivity index is 3.24. The van der Waals surface area contributed by atoms with Gasteiger partial charge in [0.1, 0.15) is 5.15 Å². The SMILES string of the molecule is OCc1nc(Cl)cc(Cl)c1CO. The van der Waals surface area contributed by atoms with Gasteiger partial charge in [-0.25, -0.2) is 4.98 Å². The number of aliphatic hydroxyl groups is 2. The highest BCUT2D eigenvalue weighted by molar-refractivity contribution is 6.34. The van der Waals surface area contributed by atoms with Gasteiger partial charge in [-0.15, -0.1) is 0 Å². The van der Waals surface area contributed by atoms with Gasteiger partial charge in [-0.05, 0) is 6.07 Å². The first kappa shape index (κ1) is 9.74. The third kappa shape index (κ3) is 1.87. The average Bonchev–Trinajstić information content (AvgIpc) is 2.03. The Morgan fingerprint density at radius 2 is 1.92 bits per heavy atom. The van der Waals surface area contributed by atoms with Crippen LogP contribution in [0.15, 0.2) is 6.07 Å². The standard InChI is InChI=1S/C7H7Cl2NO2/c8-5-1-7(9)10-6(3-12)4(5)2-11/h1,11-12H,2-3H2. The molecule has 0 amide bonds. The van der Waals surface area contributed by atoms with Crippen LogP contribution in [0.1, 0.15) is 11.3 Å². The van der Waals surface area contributed by atoms with Crippen LogP contribution in [-0.4, -0.2) is 15.2 Å². The first-order valence-electron chi connectivity index (χ1n) is 3.24. The predicted molar refractivity (Wildman–Crippen MR) is 46.1 cm³/mol. The summed E-state index contributed by atoms with van der Waals surface area (Å²) in [5, 5.41) is 18.2. The Kier molecular flexibility index (Phi) is 3.29. The van der Waals surface area contributed by atoms with Crippen LogP contribution < -0.4 is 0 Å². The molecule has 0 radical (unpaired) electrons. The predicted octanol–water partition coefficient (Wildman–Crippen LogP) is 1.37. The molecule has 0 unspecified atom stereocenters. The molecule has 0 aliphatic rings. The number of rotatable bonds is 2. The maximum Gasteiger partial charge on any atom is 0.130 e. The van der Waals surface area contributed by atoms with E-state index in [2.05, 4.69) is 4.98 Å². The highest BCUT2D eigenvalue weighted by atomic mass is 35.5. The van der Waals surface area contributed by atoms with E-state index in [-0.39, 0.29) is 18.4 Å². The van der Waals surface area contributed by atoms with E-state index in [0.717, 1.165) is 0 Å². The Morgan fingerprint density at radius 1 is 1.25 bits per heavy atom. The molecule has 66 valence electrons. The molecule has 1 heterocycles. The largest absolute Gasteiger partial charge is 0.392 e. The number of hydrogen-bond acceptors (Lipinski definition) is 3. The van der Waals surface area contributed by atoms with Gasteiger partial charge in [0.05, 0.1) is 23.9 Å². The van der Waals surface area contributed by atoms with Crippen molar-refractivity contribution in [3.8, 4) is 0 Å². The normalized spacial score (nSPS) is 10.3. The van der Waals surface area contributed by atoms with Gasteiger partial charge in [-0.1, -0.05) is 23.2 Å². The average molecular weight is 208 g/mol. The summed E-state index contributed by atoms with van der Waals surface area (Å²) in [5.41, 5.74) is 0.735. The molecule has 0 spiro atoms. The lowest BCUT2D eigenvalue weighted by atomic mass is 10.2. The quantitative estimate of drug-likeness (QED) is 0.721. The van der Waals surface area contributed by atoms with E-state index >= 15 is 0 Å². The zero-order valence-electron chi connectivity index (χ0n) is 6.09. The van der Waals surface area contributed by atoms with Gasteiger partial charge in [0.15, 0.2) is 0 Å². The van der Waals surface area contributed by atoms with E-state index in [1.54, 1.807) is 0 Å². The molecule has 5 heteroatoms. The van der Waals surface area contributed by atoms with E-state index in [9.17, 15) is 0 Å². The Labute approximate surface area is 79.6 Å². The van der Waals surface area contributed by atoms with Crippen LogP contribution in [0.2, 0.25) is 10.2 Å². The van der Waals surface area contributed by atoms with Crippen molar-refractivity contribution in [2.24, 2.45) is 0 Å². The molecule has 12 heavy (non-hydrogen) atoms. The van der Waals surface area contributed by atoms with Gasteiger partial charge in [-0.2, -0.15) is 0 Å². The molecule has 0 saturated heterocycles. The topological polar surface area (TPSA) is 53.4 Å². The maximum absolute atomic E-state index is 8.84. The van der Waals surface area contributed by atoms with E-state index < -0.39 is 0 Å². The van der Waals surface area contributed by atoms with Gasteiger partial charge < -0.3 is 10.2 Å². The lowest BCUT2D eigenvalue weighted by Gasteiger charge is -2.05. The molecule has 1 rings (SSSR count). The molecule has 0 saturated carbocycles. The summed E-state index contributed by atoms with van der Waals surface area (Å²) in [4.78, 5) is 3.79. The lowest BCUT2D eigenvalue weighted by molar-refractivity contribution is 0.256. The van der Waals surface area contributed by atoms with E-state index in [1.165, 1.54) is 6.07 Å². The zero-order chi connectivity index (χ0) is 9.14. The van der Waals surface area contributed by atoms with Crippen LogP contribution in [0, 0.1) is 0 Å². The molecule has 0 aliphatic carbocycles. The molecule has 2 N–H and O–H groups in total. The summed E-state index contributed by atoms with van der Waals surface area (Å²) in [6.45, 7) is -0.533. The molecule has 1 aromatic rings. The van der Waals surface area contributed by atoms with Crippen LogP contribution in [0.3, 0.4) is 0 Å². The highest BCUT2D eigenvalue weighted by Crippen LogP contribution is 2.22. The van der Waals surface area contributed by atoms with Crippen molar-refractivity contribution < 1.29 is 10.2 Å². The zero-order valence-corrected chi connectivity index (χ0v) is 7.60. The molecule has 0 aromatic carbocycles. The minimum atomic E-state index is -0.282. The smallest absolute Gasteiger partial charge is 0.130 e. The van der Waals surface area contributed by atoms with Gasteiger partial charge in [0.2, 0.25) is 0 Å². The molecular weight excluding hydrogens is 201 g/mol. The fourth-order valence-electron chi connectivity index (χ4n) is 0.856. The third-order valence-corrected chi connectivity index (χ3v) is 1.96. The Hall–Kier alpha value is -0.350. The first-order chi connectivity index (χ1) is 5.69. The molecule has 1 aromatic heterocycles. The molecule has 0 fully saturated rings. The van der Waals surface area contributed by atoms with Crippen LogP contribution in [0.25, 0.3) is 0 Å². The summed E-state index contributed by atoms with van der Waals surface area (Å²) in [5.74, 6) is 0. The van der Waals surface area contributed by atoms with E-state index in [4.69, 9.17) is 33.4 Å². The van der Waals surface area contributed by atoms with E-state index in [1.807, 2.05) is 0 Å². The lowest BCUT2D eigenvalue weighted by Crippen LogP contribution is -1.99. The highest BCUT2D eigenvalue weighted by Gasteiger charge is 2.08. The van der Waals surface area contributed by atoms with Gasteiger partial charge in [0.25, 0.3) is 0 Å². The van der Waals surface area contributed by atoms with Gasteiger partial charge >= 0.3 is 0 Å². The van der Waals surface area contributed by atoms with Gasteiger partial charge in [-0.3, -0.25) is 0 Å². The molecule has 0 bridgehead atoms. The summed E-state index contributed by atoms with van der Waals surface area (Å²) in [6, 6.07) is 1.42. The van der Waals surface area contributed by atoms with Crippen LogP contribution in [0.4, 0.5) is 0 Å². The van der Waals surface area contributed by atoms with Crippen LogP contribution >= 0.6 is 23.2 Å². The Bertz CT molecular complexity index is 291. The molecule has 0 aliphatic heterocycles. The number of aromatic nitrogens is 1. The van der Waals surface area contributed by atoms with E-state index in [0.29, 0.717) is 16.3 Å². The van der Waals surface area contributed by atoms with Crippen molar-refractivity contribution >= 4 is 23.2 Å². The third-order valence-electron chi connectivity index (χ3n) is 1.43. The first-order valence-corrected chi connectivity index (χ1v) is 4.00. The number of hydrogen-bond donors (Lipinski definition) is 2. The summed E-state index contributed by atoms with van der Waals surface area (Å²) < 4.78 is 0. The fraction of sp³-hybridized carbons (Fsp3) is 0.286. The van der Waals surface area contributed by atoms with Crippen molar-refractivity contribution in [3.05, 3.63) is 27.5 Å². The summed E-state index contributed by atoms with van der Waals surface area (Å²) in [7, 11) is 0. The molecule has 0 atom stereocenters. The molecular formula is C7H7Cl2NO2. The summed E-state index contributed by atoms with van der Waals surface area (Å²) >= 11 is 11.3. The second kappa shape index (κ2) is 4.05. The second-order valence-electron chi connectivity index (χ2n) is 2.17. The molecule has 3 nitrogen and oxygen atoms in total. The monoisotopic (exact) mass is 207 g/mol. The Morgan fingerprint density at radius 3 is 2.42 bits per heavy atom. The minimum absolute atomic E-state index is 0.209. The van der Waals surface area contributed by atoms with Crippen LogP contribution in [0.5, 0.6) is 0 Å². The van der Waals surface area contributed by atoms with Crippen molar-refractivity contribution in [3.63, 3.8) is 0 Å². The minimum Gasteiger partial charge on any atom is -0.392 e. The second-order valence-corrected chi connectivity index (χ2v) is 2.96. The number of halogens is 2. The van der Waals surface area contributed by atoms with Crippen molar-refractivity contribution in [2.45, 2.75) is 13.2 Å². The summed E-state index contributed by atoms with van der Waals surface area (Å²) in [6.07, 6.45) is 0. The number of nitrogens with zero attached hydrogens (tertiary/aromatic N) is 1. The van der Waals surface area contributed by atoms with Crippen molar-refractivity contribution in [1.82, 2.24) is 4.98 Å². The van der Waals surface area contributed by atoms with Crippen LogP contribution in [-0.2, 0) is 13.2 Å². The maximum atomic E-state index is 8.84. The number of aliphatic hydroxyl groups excluding tert-OH is 2. The van der Waals surface area contributed by atoms with Gasteiger partial charge in [0, 0.05) is 5.56 Å². The van der Waals surface area contributed by atoms with Crippen molar-refractivity contribution in [2.75, 3.05) is 0 Å². The number of pyridine rings is 1. The fourth-order valence-corrected chi connectivity index (χ4v) is 1.39. The van der Waals surface area contributed by atoms with Crippen molar-refractivity contribution in [1.29, 1.82) is 0 Å².